The van der Waals surface area contributed by atoms with Crippen molar-refractivity contribution in [2.75, 3.05) is 13.1 Å². The molecule has 0 aliphatic heterocycles. The molecule has 1 aromatic heterocycles. The highest BCUT2D eigenvalue weighted by Crippen LogP contribution is 2.22. The maximum atomic E-state index is 8.68. The lowest BCUT2D eigenvalue weighted by Crippen LogP contribution is -2.34. The van der Waals surface area contributed by atoms with Crippen LogP contribution in [-0.4, -0.2) is 38.8 Å². The summed E-state index contributed by atoms with van der Waals surface area (Å²) in [5, 5.41) is 16.2. The molecular weight excluding hydrogens is 310 g/mol. The zero-order valence-electron chi connectivity index (χ0n) is 11.7. The predicted octanol–water partition coefficient (Wildman–Crippen LogP) is 1.70. The van der Waals surface area contributed by atoms with Crippen molar-refractivity contribution in [1.29, 1.82) is 0 Å². The molecule has 1 rings (SSSR count). The minimum absolute atomic E-state index is 0.224. The summed E-state index contributed by atoms with van der Waals surface area (Å²) in [4.78, 5) is 2.14. The fourth-order valence-corrected chi connectivity index (χ4v) is 2.74. The van der Waals surface area contributed by atoms with E-state index in [-0.39, 0.29) is 5.84 Å². The zero-order valence-corrected chi connectivity index (χ0v) is 13.3. The number of halogens is 1. The topological polar surface area (TPSA) is 79.7 Å². The SMILES string of the molecule is CCCN(CC(N)=NO)Cc1c(Br)c(CC)nn1C. The number of rotatable bonds is 7. The number of aryl methyl sites for hydroxylation is 2. The molecule has 0 amide bonds. The summed E-state index contributed by atoms with van der Waals surface area (Å²) in [5.74, 6) is 0.224. The lowest BCUT2D eigenvalue weighted by atomic mass is 10.2. The van der Waals surface area contributed by atoms with Crippen molar-refractivity contribution in [2.24, 2.45) is 17.9 Å². The molecule has 0 saturated carbocycles. The van der Waals surface area contributed by atoms with Crippen LogP contribution in [0.4, 0.5) is 0 Å². The quantitative estimate of drug-likeness (QED) is 0.345. The van der Waals surface area contributed by atoms with E-state index in [1.807, 2.05) is 11.7 Å². The Bertz CT molecular complexity index is 444. The van der Waals surface area contributed by atoms with Gasteiger partial charge in [-0.25, -0.2) is 0 Å². The van der Waals surface area contributed by atoms with Crippen LogP contribution in [0, 0.1) is 0 Å². The molecule has 0 fully saturated rings. The van der Waals surface area contributed by atoms with Crippen LogP contribution in [0.5, 0.6) is 0 Å². The standard InChI is InChI=1S/C12H22BrN5O/c1-4-6-18(8-11(14)16-19)7-10-12(13)9(5-2)15-17(10)3/h19H,4-8H2,1-3H3,(H2,14,16). The molecule has 0 aliphatic rings. The molecule has 0 aliphatic carbocycles. The summed E-state index contributed by atoms with van der Waals surface area (Å²) in [6.45, 7) is 6.24. The van der Waals surface area contributed by atoms with Gasteiger partial charge in [0.1, 0.15) is 0 Å². The summed E-state index contributed by atoms with van der Waals surface area (Å²) in [6.07, 6.45) is 1.90. The zero-order chi connectivity index (χ0) is 14.4. The van der Waals surface area contributed by atoms with E-state index in [9.17, 15) is 0 Å². The molecule has 0 unspecified atom stereocenters. The highest BCUT2D eigenvalue weighted by Gasteiger charge is 2.16. The molecule has 0 saturated heterocycles. The summed E-state index contributed by atoms with van der Waals surface area (Å²) in [6, 6.07) is 0. The maximum absolute atomic E-state index is 8.68. The van der Waals surface area contributed by atoms with Crippen LogP contribution in [0.1, 0.15) is 31.7 Å². The van der Waals surface area contributed by atoms with Crippen LogP contribution in [0.25, 0.3) is 0 Å². The number of nitrogens with two attached hydrogens (primary N) is 1. The van der Waals surface area contributed by atoms with E-state index in [2.05, 4.69) is 44.9 Å². The monoisotopic (exact) mass is 331 g/mol. The number of nitrogens with zero attached hydrogens (tertiary/aromatic N) is 4. The molecule has 6 nitrogen and oxygen atoms in total. The van der Waals surface area contributed by atoms with Crippen LogP contribution in [0.2, 0.25) is 0 Å². The highest BCUT2D eigenvalue weighted by molar-refractivity contribution is 9.10. The minimum atomic E-state index is 0.224. The number of hydrogen-bond acceptors (Lipinski definition) is 4. The predicted molar refractivity (Wildman–Crippen MR) is 79.3 cm³/mol. The van der Waals surface area contributed by atoms with Gasteiger partial charge in [0.2, 0.25) is 0 Å². The van der Waals surface area contributed by atoms with Gasteiger partial charge in [-0.15, -0.1) is 0 Å². The van der Waals surface area contributed by atoms with Crippen molar-refractivity contribution in [3.63, 3.8) is 0 Å². The number of amidine groups is 1. The van der Waals surface area contributed by atoms with Gasteiger partial charge in [-0.05, 0) is 35.3 Å². The summed E-state index contributed by atoms with van der Waals surface area (Å²) >= 11 is 3.60. The van der Waals surface area contributed by atoms with Crippen molar-refractivity contribution in [1.82, 2.24) is 14.7 Å². The Balaban J connectivity index is 2.87. The van der Waals surface area contributed by atoms with Crippen molar-refractivity contribution < 1.29 is 5.21 Å². The van der Waals surface area contributed by atoms with E-state index in [1.54, 1.807) is 0 Å². The van der Waals surface area contributed by atoms with E-state index in [0.717, 1.165) is 35.2 Å². The van der Waals surface area contributed by atoms with Crippen LogP contribution in [0.15, 0.2) is 9.63 Å². The van der Waals surface area contributed by atoms with E-state index in [4.69, 9.17) is 10.9 Å². The molecule has 0 aromatic carbocycles. The van der Waals surface area contributed by atoms with Crippen molar-refractivity contribution >= 4 is 21.8 Å². The van der Waals surface area contributed by atoms with Gasteiger partial charge >= 0.3 is 0 Å². The van der Waals surface area contributed by atoms with Crippen LogP contribution < -0.4 is 5.73 Å². The average Bonchev–Trinajstić information content (AvgIpc) is 2.66. The Morgan fingerprint density at radius 3 is 2.68 bits per heavy atom. The maximum Gasteiger partial charge on any atom is 0.153 e. The highest BCUT2D eigenvalue weighted by atomic mass is 79.9. The summed E-state index contributed by atoms with van der Waals surface area (Å²) < 4.78 is 2.94. The van der Waals surface area contributed by atoms with Gasteiger partial charge in [0.05, 0.1) is 22.4 Å². The Kier molecular flexibility index (Phi) is 6.30. The first-order valence-electron chi connectivity index (χ1n) is 6.42. The third-order valence-corrected chi connectivity index (χ3v) is 3.85. The first kappa shape index (κ1) is 16.0. The van der Waals surface area contributed by atoms with Crippen LogP contribution >= 0.6 is 15.9 Å². The lowest BCUT2D eigenvalue weighted by Gasteiger charge is -2.21. The van der Waals surface area contributed by atoms with Gasteiger partial charge in [-0.2, -0.15) is 5.10 Å². The van der Waals surface area contributed by atoms with Gasteiger partial charge in [0, 0.05) is 13.6 Å². The van der Waals surface area contributed by atoms with E-state index < -0.39 is 0 Å². The number of aromatic nitrogens is 2. The van der Waals surface area contributed by atoms with E-state index in [1.165, 1.54) is 0 Å². The fraction of sp³-hybridized carbons (Fsp3) is 0.667. The molecule has 0 spiro atoms. The largest absolute Gasteiger partial charge is 0.409 e. The van der Waals surface area contributed by atoms with Crippen molar-refractivity contribution in [3.05, 3.63) is 15.9 Å². The molecule has 1 heterocycles. The van der Waals surface area contributed by atoms with Crippen molar-refractivity contribution in [3.8, 4) is 0 Å². The van der Waals surface area contributed by atoms with Crippen LogP contribution in [-0.2, 0) is 20.0 Å². The molecule has 19 heavy (non-hydrogen) atoms. The molecule has 0 radical (unpaired) electrons. The van der Waals surface area contributed by atoms with Gasteiger partial charge in [-0.3, -0.25) is 9.58 Å². The smallest absolute Gasteiger partial charge is 0.153 e. The van der Waals surface area contributed by atoms with Crippen molar-refractivity contribution in [2.45, 2.75) is 33.2 Å². The first-order valence-corrected chi connectivity index (χ1v) is 7.21. The van der Waals surface area contributed by atoms with Gasteiger partial charge < -0.3 is 10.9 Å². The second-order valence-corrected chi connectivity index (χ2v) is 5.28. The third-order valence-electron chi connectivity index (χ3n) is 2.93. The third kappa shape index (κ3) is 4.21. The minimum Gasteiger partial charge on any atom is -0.409 e. The molecule has 0 bridgehead atoms. The van der Waals surface area contributed by atoms with Gasteiger partial charge in [0.15, 0.2) is 5.84 Å². The molecule has 0 atom stereocenters. The Hall–Kier alpha value is -1.08. The fourth-order valence-electron chi connectivity index (χ4n) is 1.99. The Labute approximate surface area is 122 Å². The summed E-state index contributed by atoms with van der Waals surface area (Å²) in [5.41, 5.74) is 7.75. The first-order chi connectivity index (χ1) is 9.03. The second-order valence-electron chi connectivity index (χ2n) is 4.49. The van der Waals surface area contributed by atoms with E-state index in [0.29, 0.717) is 13.1 Å². The molecule has 3 N–H and O–H groups in total. The van der Waals surface area contributed by atoms with Gasteiger partial charge in [0.25, 0.3) is 0 Å². The van der Waals surface area contributed by atoms with E-state index >= 15 is 0 Å². The Morgan fingerprint density at radius 1 is 1.53 bits per heavy atom. The molecule has 108 valence electrons. The summed E-state index contributed by atoms with van der Waals surface area (Å²) in [7, 11) is 1.94. The van der Waals surface area contributed by atoms with Crippen LogP contribution in [0.3, 0.4) is 0 Å². The second kappa shape index (κ2) is 7.49. The molecular formula is C12H22BrN5O. The molecule has 7 heteroatoms. The lowest BCUT2D eigenvalue weighted by molar-refractivity contribution is 0.280. The Morgan fingerprint density at radius 2 is 2.21 bits per heavy atom. The average molecular weight is 332 g/mol. The number of oxime groups is 1. The molecule has 1 aromatic rings. The normalized spacial score (nSPS) is 12.4. The van der Waals surface area contributed by atoms with Gasteiger partial charge in [-0.1, -0.05) is 19.0 Å². The number of hydrogen-bond donors (Lipinski definition) is 2.